The van der Waals surface area contributed by atoms with Crippen molar-refractivity contribution in [2.45, 2.75) is 32.4 Å². The van der Waals surface area contributed by atoms with Crippen LogP contribution in [-0.2, 0) is 6.42 Å². The second-order valence-electron chi connectivity index (χ2n) is 5.10. The van der Waals surface area contributed by atoms with Crippen LogP contribution >= 0.6 is 11.3 Å². The highest BCUT2D eigenvalue weighted by atomic mass is 32.1. The summed E-state index contributed by atoms with van der Waals surface area (Å²) in [7, 11) is 0. The number of hydrogen-bond acceptors (Lipinski definition) is 3. The van der Waals surface area contributed by atoms with Crippen LogP contribution in [0.4, 0.5) is 4.39 Å². The molecule has 0 spiro atoms. The Morgan fingerprint density at radius 2 is 2.10 bits per heavy atom. The number of rotatable bonds is 6. The van der Waals surface area contributed by atoms with Gasteiger partial charge in [0.2, 0.25) is 0 Å². The number of halogens is 1. The van der Waals surface area contributed by atoms with E-state index in [9.17, 15) is 9.50 Å². The minimum absolute atomic E-state index is 0.274. The van der Waals surface area contributed by atoms with Gasteiger partial charge in [-0.3, -0.25) is 0 Å². The largest absolute Gasteiger partial charge is 0.387 e. The molecule has 1 heterocycles. The fourth-order valence-corrected chi connectivity index (χ4v) is 3.13. The Morgan fingerprint density at radius 1 is 1.30 bits per heavy atom. The summed E-state index contributed by atoms with van der Waals surface area (Å²) in [5.41, 5.74) is 0.608. The van der Waals surface area contributed by atoms with Gasteiger partial charge in [0.05, 0.1) is 6.10 Å². The zero-order chi connectivity index (χ0) is 14.5. The number of hydrogen-bond donors (Lipinski definition) is 2. The van der Waals surface area contributed by atoms with Gasteiger partial charge in [0.25, 0.3) is 0 Å². The third-order valence-electron chi connectivity index (χ3n) is 3.20. The molecule has 0 aliphatic heterocycles. The monoisotopic (exact) mass is 293 g/mol. The van der Waals surface area contributed by atoms with E-state index in [1.54, 1.807) is 23.5 Å². The number of thiophene rings is 1. The summed E-state index contributed by atoms with van der Waals surface area (Å²) in [5, 5.41) is 13.3. The van der Waals surface area contributed by atoms with Crippen molar-refractivity contribution < 1.29 is 9.50 Å². The van der Waals surface area contributed by atoms with Gasteiger partial charge in [-0.25, -0.2) is 4.39 Å². The molecule has 0 bridgehead atoms. The molecular formula is C16H20FNOS. The summed E-state index contributed by atoms with van der Waals surface area (Å²) in [6, 6.07) is 10.6. The van der Waals surface area contributed by atoms with Crippen molar-refractivity contribution in [3.63, 3.8) is 0 Å². The highest BCUT2D eigenvalue weighted by Crippen LogP contribution is 2.17. The van der Waals surface area contributed by atoms with Crippen LogP contribution in [0.25, 0.3) is 0 Å². The Balaban J connectivity index is 1.82. The first-order chi connectivity index (χ1) is 9.54. The molecule has 108 valence electrons. The smallest absolute Gasteiger partial charge is 0.123 e. The Labute approximate surface area is 123 Å². The van der Waals surface area contributed by atoms with Gasteiger partial charge >= 0.3 is 0 Å². The van der Waals surface area contributed by atoms with Gasteiger partial charge in [0, 0.05) is 22.3 Å². The maximum absolute atomic E-state index is 13.1. The van der Waals surface area contributed by atoms with Gasteiger partial charge in [-0.15, -0.1) is 11.3 Å². The van der Waals surface area contributed by atoms with Crippen molar-refractivity contribution in [1.29, 1.82) is 0 Å². The van der Waals surface area contributed by atoms with Gasteiger partial charge in [0.15, 0.2) is 0 Å². The fourth-order valence-electron chi connectivity index (χ4n) is 2.11. The summed E-state index contributed by atoms with van der Waals surface area (Å²) in [6.45, 7) is 4.61. The van der Waals surface area contributed by atoms with E-state index in [0.717, 1.165) is 6.42 Å². The topological polar surface area (TPSA) is 32.3 Å². The molecule has 2 rings (SSSR count). The Hall–Kier alpha value is -1.23. The molecule has 0 aliphatic carbocycles. The highest BCUT2D eigenvalue weighted by Gasteiger charge is 2.11. The van der Waals surface area contributed by atoms with E-state index in [0.29, 0.717) is 12.1 Å². The lowest BCUT2D eigenvalue weighted by Crippen LogP contribution is -2.31. The summed E-state index contributed by atoms with van der Waals surface area (Å²) in [4.78, 5) is 2.65. The van der Waals surface area contributed by atoms with Crippen LogP contribution in [0, 0.1) is 12.7 Å². The molecule has 0 amide bonds. The van der Waals surface area contributed by atoms with Crippen molar-refractivity contribution >= 4 is 11.3 Å². The lowest BCUT2D eigenvalue weighted by molar-refractivity contribution is 0.170. The van der Waals surface area contributed by atoms with E-state index in [2.05, 4.69) is 31.3 Å². The molecule has 2 unspecified atom stereocenters. The first-order valence-corrected chi connectivity index (χ1v) is 7.58. The Bertz CT molecular complexity index is 555. The van der Waals surface area contributed by atoms with Crippen molar-refractivity contribution in [2.24, 2.45) is 0 Å². The molecule has 1 aromatic carbocycles. The number of aryl methyl sites for hydroxylation is 1. The first kappa shape index (κ1) is 15.2. The van der Waals surface area contributed by atoms with Crippen LogP contribution in [0.2, 0.25) is 0 Å². The average molecular weight is 293 g/mol. The third kappa shape index (κ3) is 4.40. The predicted octanol–water partition coefficient (Wildman–Crippen LogP) is 3.45. The number of aliphatic hydroxyl groups is 1. The van der Waals surface area contributed by atoms with E-state index < -0.39 is 6.10 Å². The molecule has 2 atom stereocenters. The van der Waals surface area contributed by atoms with Crippen LogP contribution in [0.3, 0.4) is 0 Å². The molecule has 2 N–H and O–H groups in total. The lowest BCUT2D eigenvalue weighted by Gasteiger charge is -2.17. The highest BCUT2D eigenvalue weighted by molar-refractivity contribution is 7.11. The fraction of sp³-hybridized carbons (Fsp3) is 0.375. The summed E-state index contributed by atoms with van der Waals surface area (Å²) < 4.78 is 13.1. The van der Waals surface area contributed by atoms with Crippen LogP contribution in [-0.4, -0.2) is 17.7 Å². The molecule has 1 aromatic heterocycles. The number of aliphatic hydroxyl groups excluding tert-OH is 1. The zero-order valence-electron chi connectivity index (χ0n) is 11.8. The van der Waals surface area contributed by atoms with E-state index >= 15 is 0 Å². The predicted molar refractivity (Wildman–Crippen MR) is 81.6 cm³/mol. The standard InChI is InChI=1S/C16H20FNOS/c1-11(8-15-7-6-12(2)20-15)18-10-16(19)13-4-3-5-14(17)9-13/h3-7,9,11,16,18-19H,8,10H2,1-2H3. The Morgan fingerprint density at radius 3 is 2.75 bits per heavy atom. The van der Waals surface area contributed by atoms with Crippen LogP contribution in [0.5, 0.6) is 0 Å². The molecule has 0 aliphatic rings. The van der Waals surface area contributed by atoms with Crippen molar-refractivity contribution in [2.75, 3.05) is 6.54 Å². The molecule has 20 heavy (non-hydrogen) atoms. The molecule has 4 heteroatoms. The van der Waals surface area contributed by atoms with Crippen molar-refractivity contribution in [3.05, 3.63) is 57.5 Å². The minimum atomic E-state index is -0.682. The van der Waals surface area contributed by atoms with Gasteiger partial charge in [-0.2, -0.15) is 0 Å². The minimum Gasteiger partial charge on any atom is -0.387 e. The van der Waals surface area contributed by atoms with E-state index in [1.165, 1.54) is 21.9 Å². The molecule has 0 radical (unpaired) electrons. The molecule has 2 nitrogen and oxygen atoms in total. The van der Waals surface area contributed by atoms with Crippen LogP contribution in [0.15, 0.2) is 36.4 Å². The van der Waals surface area contributed by atoms with Gasteiger partial charge < -0.3 is 10.4 Å². The summed E-state index contributed by atoms with van der Waals surface area (Å²) in [5.74, 6) is -0.316. The van der Waals surface area contributed by atoms with E-state index in [-0.39, 0.29) is 11.9 Å². The maximum Gasteiger partial charge on any atom is 0.123 e. The van der Waals surface area contributed by atoms with Crippen LogP contribution < -0.4 is 5.32 Å². The first-order valence-electron chi connectivity index (χ1n) is 6.77. The van der Waals surface area contributed by atoms with Gasteiger partial charge in [-0.1, -0.05) is 12.1 Å². The summed E-state index contributed by atoms with van der Waals surface area (Å²) in [6.07, 6.45) is 0.257. The normalized spacial score (nSPS) is 14.2. The molecule has 0 fully saturated rings. The zero-order valence-corrected chi connectivity index (χ0v) is 12.6. The van der Waals surface area contributed by atoms with E-state index in [4.69, 9.17) is 0 Å². The second kappa shape index (κ2) is 6.97. The van der Waals surface area contributed by atoms with Gasteiger partial charge in [0.1, 0.15) is 5.82 Å². The second-order valence-corrected chi connectivity index (χ2v) is 6.47. The van der Waals surface area contributed by atoms with Crippen molar-refractivity contribution in [1.82, 2.24) is 5.32 Å². The quantitative estimate of drug-likeness (QED) is 0.855. The molecule has 2 aromatic rings. The molecular weight excluding hydrogens is 273 g/mol. The number of nitrogens with one attached hydrogen (secondary N) is 1. The maximum atomic E-state index is 13.1. The SMILES string of the molecule is Cc1ccc(CC(C)NCC(O)c2cccc(F)c2)s1. The third-order valence-corrected chi connectivity index (χ3v) is 4.22. The summed E-state index contributed by atoms with van der Waals surface area (Å²) >= 11 is 1.80. The molecule has 0 saturated carbocycles. The lowest BCUT2D eigenvalue weighted by atomic mass is 10.1. The van der Waals surface area contributed by atoms with Gasteiger partial charge in [-0.05, 0) is 50.1 Å². The molecule has 0 saturated heterocycles. The van der Waals surface area contributed by atoms with Crippen LogP contribution in [0.1, 0.15) is 28.3 Å². The average Bonchev–Trinajstić information content (AvgIpc) is 2.81. The number of benzene rings is 1. The van der Waals surface area contributed by atoms with Crippen molar-refractivity contribution in [3.8, 4) is 0 Å². The Kier molecular flexibility index (Phi) is 5.29. The van der Waals surface area contributed by atoms with E-state index in [1.807, 2.05) is 0 Å².